The van der Waals surface area contributed by atoms with Gasteiger partial charge in [-0.1, -0.05) is 23.2 Å². The normalized spacial score (nSPS) is 25.9. The summed E-state index contributed by atoms with van der Waals surface area (Å²) < 4.78 is 0. The van der Waals surface area contributed by atoms with Crippen LogP contribution in [0, 0.1) is 0 Å². The van der Waals surface area contributed by atoms with Crippen LogP contribution in [0.1, 0.15) is 30.1 Å². The van der Waals surface area contributed by atoms with Crippen LogP contribution < -0.4 is 5.73 Å². The van der Waals surface area contributed by atoms with E-state index in [0.717, 1.165) is 30.4 Å². The van der Waals surface area contributed by atoms with Crippen molar-refractivity contribution in [3.63, 3.8) is 0 Å². The lowest BCUT2D eigenvalue weighted by molar-refractivity contribution is 0.144. The third-order valence-electron chi connectivity index (χ3n) is 2.88. The average Bonchev–Trinajstić information content (AvgIpc) is 2.30. The van der Waals surface area contributed by atoms with E-state index < -0.39 is 6.10 Å². The summed E-state index contributed by atoms with van der Waals surface area (Å²) in [5, 5.41) is 11.2. The third kappa shape index (κ3) is 2.13. The summed E-state index contributed by atoms with van der Waals surface area (Å²) in [5.41, 5.74) is 7.63. The quantitative estimate of drug-likeness (QED) is 0.691. The minimum Gasteiger partial charge on any atom is -0.387 e. The zero-order chi connectivity index (χ0) is 11.0. The van der Waals surface area contributed by atoms with Crippen LogP contribution in [-0.4, -0.2) is 11.1 Å². The highest BCUT2D eigenvalue weighted by Crippen LogP contribution is 2.34. The third-order valence-corrected chi connectivity index (χ3v) is 3.44. The molecule has 0 saturated heterocycles. The molecule has 15 heavy (non-hydrogen) atoms. The van der Waals surface area contributed by atoms with Crippen molar-refractivity contribution in [2.75, 3.05) is 0 Å². The van der Waals surface area contributed by atoms with E-state index >= 15 is 0 Å². The highest BCUT2D eigenvalue weighted by atomic mass is 35.5. The summed E-state index contributed by atoms with van der Waals surface area (Å²) >= 11 is 12.0. The molecule has 4 heteroatoms. The largest absolute Gasteiger partial charge is 0.387 e. The van der Waals surface area contributed by atoms with Crippen LogP contribution in [0.3, 0.4) is 0 Å². The maximum atomic E-state index is 10.0. The first kappa shape index (κ1) is 11.2. The molecule has 3 N–H and O–H groups in total. The first-order valence-corrected chi connectivity index (χ1v) is 5.76. The molecule has 0 bridgehead atoms. The van der Waals surface area contributed by atoms with Gasteiger partial charge in [-0.2, -0.15) is 0 Å². The predicted octanol–water partition coefficient (Wildman–Crippen LogP) is 2.69. The smallest absolute Gasteiger partial charge is 0.0944 e. The van der Waals surface area contributed by atoms with Crippen LogP contribution in [0.4, 0.5) is 0 Å². The Labute approximate surface area is 99.0 Å². The lowest BCUT2D eigenvalue weighted by Crippen LogP contribution is -2.27. The number of halogens is 2. The number of rotatable bonds is 0. The van der Waals surface area contributed by atoms with Gasteiger partial charge >= 0.3 is 0 Å². The molecule has 1 aromatic rings. The number of aliphatic hydroxyl groups excluding tert-OH is 1. The van der Waals surface area contributed by atoms with Crippen LogP contribution in [0.15, 0.2) is 12.1 Å². The number of hydrogen-bond donors (Lipinski definition) is 2. The molecule has 1 aliphatic rings. The molecule has 2 rings (SSSR count). The van der Waals surface area contributed by atoms with Crippen molar-refractivity contribution in [1.29, 1.82) is 0 Å². The second-order valence-corrected chi connectivity index (χ2v) is 4.80. The lowest BCUT2D eigenvalue weighted by atomic mass is 9.99. The number of fused-ring (bicyclic) bond motifs is 1. The van der Waals surface area contributed by atoms with Crippen molar-refractivity contribution in [2.24, 2.45) is 5.73 Å². The van der Waals surface area contributed by atoms with Crippen molar-refractivity contribution in [3.05, 3.63) is 33.3 Å². The second kappa shape index (κ2) is 4.30. The second-order valence-electron chi connectivity index (χ2n) is 3.96. The molecule has 0 heterocycles. The van der Waals surface area contributed by atoms with Gasteiger partial charge in [0, 0.05) is 16.1 Å². The molecule has 2 unspecified atom stereocenters. The Kier molecular flexibility index (Phi) is 3.21. The van der Waals surface area contributed by atoms with Gasteiger partial charge in [-0.3, -0.25) is 0 Å². The molecule has 0 saturated carbocycles. The number of aliphatic hydroxyl groups is 1. The monoisotopic (exact) mass is 245 g/mol. The van der Waals surface area contributed by atoms with Crippen molar-refractivity contribution in [3.8, 4) is 0 Å². The van der Waals surface area contributed by atoms with Crippen molar-refractivity contribution < 1.29 is 5.11 Å². The molecule has 0 aliphatic heterocycles. The molecule has 0 radical (unpaired) electrons. The maximum absolute atomic E-state index is 10.0. The lowest BCUT2D eigenvalue weighted by Gasteiger charge is -2.18. The summed E-state index contributed by atoms with van der Waals surface area (Å²) in [6.45, 7) is 0. The van der Waals surface area contributed by atoms with Crippen molar-refractivity contribution in [2.45, 2.75) is 31.4 Å². The number of nitrogens with two attached hydrogens (primary N) is 1. The van der Waals surface area contributed by atoms with E-state index in [2.05, 4.69) is 0 Å². The van der Waals surface area contributed by atoms with E-state index in [-0.39, 0.29) is 6.04 Å². The first-order valence-electron chi connectivity index (χ1n) is 5.01. The summed E-state index contributed by atoms with van der Waals surface area (Å²) in [5.74, 6) is 0. The highest BCUT2D eigenvalue weighted by molar-refractivity contribution is 6.35. The van der Waals surface area contributed by atoms with Gasteiger partial charge in [-0.15, -0.1) is 0 Å². The fourth-order valence-corrected chi connectivity index (χ4v) is 2.66. The Morgan fingerprint density at radius 3 is 2.80 bits per heavy atom. The summed E-state index contributed by atoms with van der Waals surface area (Å²) in [6.07, 6.45) is 1.96. The van der Waals surface area contributed by atoms with Crippen LogP contribution >= 0.6 is 23.2 Å². The Hall–Kier alpha value is -0.280. The molecule has 0 amide bonds. The highest BCUT2D eigenvalue weighted by Gasteiger charge is 2.24. The van der Waals surface area contributed by atoms with Gasteiger partial charge in [0.25, 0.3) is 0 Å². The minimum absolute atomic E-state index is 0.221. The fraction of sp³-hybridized carbons (Fsp3) is 0.455. The maximum Gasteiger partial charge on any atom is 0.0944 e. The van der Waals surface area contributed by atoms with Crippen molar-refractivity contribution >= 4 is 23.2 Å². The van der Waals surface area contributed by atoms with Gasteiger partial charge in [0.05, 0.1) is 6.10 Å². The SMILES string of the molecule is NC1CCCc2c(Cl)cc(Cl)cc2C1O. The van der Waals surface area contributed by atoms with Crippen LogP contribution in [-0.2, 0) is 6.42 Å². The molecule has 82 valence electrons. The standard InChI is InChI=1S/C11H13Cl2NO/c12-6-4-8-7(9(13)5-6)2-1-3-10(14)11(8)15/h4-5,10-11,15H,1-3,14H2. The van der Waals surface area contributed by atoms with Gasteiger partial charge in [0.1, 0.15) is 0 Å². The average molecular weight is 246 g/mol. The van der Waals surface area contributed by atoms with E-state index in [0.29, 0.717) is 10.0 Å². The summed E-state index contributed by atoms with van der Waals surface area (Å²) in [7, 11) is 0. The van der Waals surface area contributed by atoms with Gasteiger partial charge < -0.3 is 10.8 Å². The predicted molar refractivity (Wildman–Crippen MR) is 62.3 cm³/mol. The topological polar surface area (TPSA) is 46.2 Å². The first-order chi connectivity index (χ1) is 7.09. The minimum atomic E-state index is -0.654. The van der Waals surface area contributed by atoms with E-state index in [1.165, 1.54) is 0 Å². The molecule has 2 nitrogen and oxygen atoms in total. The van der Waals surface area contributed by atoms with Crippen LogP contribution in [0.25, 0.3) is 0 Å². The zero-order valence-corrected chi connectivity index (χ0v) is 9.72. The van der Waals surface area contributed by atoms with Gasteiger partial charge in [-0.05, 0) is 42.5 Å². The Morgan fingerprint density at radius 1 is 1.33 bits per heavy atom. The summed E-state index contributed by atoms with van der Waals surface area (Å²) in [4.78, 5) is 0. The molecule has 0 spiro atoms. The Morgan fingerprint density at radius 2 is 2.07 bits per heavy atom. The number of hydrogen-bond acceptors (Lipinski definition) is 2. The van der Waals surface area contributed by atoms with Gasteiger partial charge in [-0.25, -0.2) is 0 Å². The van der Waals surface area contributed by atoms with Crippen molar-refractivity contribution in [1.82, 2.24) is 0 Å². The molecule has 0 aromatic heterocycles. The van der Waals surface area contributed by atoms with E-state index in [9.17, 15) is 5.11 Å². The van der Waals surface area contributed by atoms with Crippen LogP contribution in [0.2, 0.25) is 10.0 Å². The Balaban J connectivity index is 2.53. The number of benzene rings is 1. The van der Waals surface area contributed by atoms with E-state index in [4.69, 9.17) is 28.9 Å². The van der Waals surface area contributed by atoms with E-state index in [1.54, 1.807) is 12.1 Å². The molecule has 2 atom stereocenters. The van der Waals surface area contributed by atoms with E-state index in [1.807, 2.05) is 0 Å². The molecule has 1 aromatic carbocycles. The molecular weight excluding hydrogens is 233 g/mol. The summed E-state index contributed by atoms with van der Waals surface area (Å²) in [6, 6.07) is 3.25. The zero-order valence-electron chi connectivity index (χ0n) is 8.21. The molecule has 0 fully saturated rings. The van der Waals surface area contributed by atoms with Gasteiger partial charge in [0.2, 0.25) is 0 Å². The fourth-order valence-electron chi connectivity index (χ4n) is 2.05. The van der Waals surface area contributed by atoms with Gasteiger partial charge in [0.15, 0.2) is 0 Å². The Bertz CT molecular complexity index is 381. The van der Waals surface area contributed by atoms with Crippen LogP contribution in [0.5, 0.6) is 0 Å². The molecule has 1 aliphatic carbocycles. The molecular formula is C11H13Cl2NO.